The van der Waals surface area contributed by atoms with Crippen molar-refractivity contribution in [3.05, 3.63) is 18.2 Å². The molecule has 0 unspecified atom stereocenters. The van der Waals surface area contributed by atoms with E-state index in [2.05, 4.69) is 28.0 Å². The summed E-state index contributed by atoms with van der Waals surface area (Å²) >= 11 is 2.03. The second kappa shape index (κ2) is 5.92. The molecular weight excluding hydrogens is 258 g/mol. The number of ether oxygens (including phenoxy) is 1. The molecule has 0 aromatic heterocycles. The van der Waals surface area contributed by atoms with Gasteiger partial charge >= 0.3 is 0 Å². The van der Waals surface area contributed by atoms with Crippen LogP contribution in [-0.2, 0) is 4.74 Å². The fraction of sp³-hybridized carbons (Fsp3) is 0.571. The van der Waals surface area contributed by atoms with E-state index in [4.69, 9.17) is 10.5 Å². The van der Waals surface area contributed by atoms with Crippen molar-refractivity contribution in [2.75, 3.05) is 66.4 Å². The van der Waals surface area contributed by atoms with Gasteiger partial charge in [-0.05, 0) is 18.2 Å². The molecule has 3 rings (SSSR count). The van der Waals surface area contributed by atoms with Gasteiger partial charge in [-0.15, -0.1) is 0 Å². The van der Waals surface area contributed by atoms with Crippen LogP contribution in [0.4, 0.5) is 17.1 Å². The van der Waals surface area contributed by atoms with Crippen LogP contribution in [0, 0.1) is 0 Å². The van der Waals surface area contributed by atoms with Crippen LogP contribution in [0.3, 0.4) is 0 Å². The van der Waals surface area contributed by atoms with Gasteiger partial charge in [0.15, 0.2) is 0 Å². The molecule has 0 saturated carbocycles. The van der Waals surface area contributed by atoms with Gasteiger partial charge in [-0.25, -0.2) is 0 Å². The van der Waals surface area contributed by atoms with Gasteiger partial charge in [-0.1, -0.05) is 0 Å². The number of rotatable bonds is 2. The minimum absolute atomic E-state index is 0.810. The molecule has 4 nitrogen and oxygen atoms in total. The van der Waals surface area contributed by atoms with Gasteiger partial charge in [0.05, 0.1) is 13.2 Å². The molecule has 0 amide bonds. The lowest BCUT2D eigenvalue weighted by molar-refractivity contribution is 0.122. The molecule has 2 saturated heterocycles. The number of nitrogens with zero attached hydrogens (tertiary/aromatic N) is 2. The largest absolute Gasteiger partial charge is 0.399 e. The number of anilines is 3. The second-order valence-corrected chi connectivity index (χ2v) is 6.21. The van der Waals surface area contributed by atoms with Crippen LogP contribution in [0.1, 0.15) is 0 Å². The summed E-state index contributed by atoms with van der Waals surface area (Å²) in [6, 6.07) is 6.45. The zero-order valence-corrected chi connectivity index (χ0v) is 12.0. The quantitative estimate of drug-likeness (QED) is 0.834. The monoisotopic (exact) mass is 279 g/mol. The third-order valence-electron chi connectivity index (χ3n) is 3.68. The molecule has 0 atom stereocenters. The first-order valence-corrected chi connectivity index (χ1v) is 8.04. The molecule has 5 heteroatoms. The van der Waals surface area contributed by atoms with Gasteiger partial charge in [0.25, 0.3) is 0 Å². The summed E-state index contributed by atoms with van der Waals surface area (Å²) in [7, 11) is 0. The Bertz CT molecular complexity index is 392. The Balaban J connectivity index is 1.82. The number of hydrogen-bond acceptors (Lipinski definition) is 5. The van der Waals surface area contributed by atoms with Crippen molar-refractivity contribution < 1.29 is 4.74 Å². The van der Waals surface area contributed by atoms with E-state index in [-0.39, 0.29) is 0 Å². The van der Waals surface area contributed by atoms with Crippen molar-refractivity contribution in [1.29, 1.82) is 0 Å². The highest BCUT2D eigenvalue weighted by Crippen LogP contribution is 2.28. The van der Waals surface area contributed by atoms with E-state index in [1.807, 2.05) is 11.8 Å². The minimum Gasteiger partial charge on any atom is -0.399 e. The van der Waals surface area contributed by atoms with E-state index < -0.39 is 0 Å². The van der Waals surface area contributed by atoms with E-state index >= 15 is 0 Å². The Morgan fingerprint density at radius 2 is 1.47 bits per heavy atom. The zero-order valence-electron chi connectivity index (χ0n) is 11.2. The molecular formula is C14H21N3OS. The highest BCUT2D eigenvalue weighted by molar-refractivity contribution is 7.99. The Hall–Kier alpha value is -1.07. The molecule has 19 heavy (non-hydrogen) atoms. The second-order valence-electron chi connectivity index (χ2n) is 4.98. The minimum atomic E-state index is 0.810. The SMILES string of the molecule is Nc1cc(N2CCOCC2)cc(N2CCSCC2)c1. The molecule has 2 aliphatic heterocycles. The average molecular weight is 279 g/mol. The molecule has 0 aliphatic carbocycles. The predicted molar refractivity (Wildman–Crippen MR) is 83.4 cm³/mol. The normalized spacial score (nSPS) is 20.6. The number of thioether (sulfide) groups is 1. The van der Waals surface area contributed by atoms with E-state index in [1.54, 1.807) is 0 Å². The van der Waals surface area contributed by atoms with E-state index in [1.165, 1.54) is 22.9 Å². The number of hydrogen-bond donors (Lipinski definition) is 1. The lowest BCUT2D eigenvalue weighted by Gasteiger charge is -2.32. The average Bonchev–Trinajstić information content (AvgIpc) is 2.48. The van der Waals surface area contributed by atoms with Crippen LogP contribution in [0.25, 0.3) is 0 Å². The van der Waals surface area contributed by atoms with Crippen LogP contribution >= 0.6 is 11.8 Å². The molecule has 0 spiro atoms. The van der Waals surface area contributed by atoms with Gasteiger partial charge < -0.3 is 20.3 Å². The van der Waals surface area contributed by atoms with E-state index in [0.717, 1.165) is 45.1 Å². The fourth-order valence-corrected chi connectivity index (χ4v) is 3.53. The summed E-state index contributed by atoms with van der Waals surface area (Å²) in [5, 5.41) is 0. The molecule has 1 aromatic rings. The third-order valence-corrected chi connectivity index (χ3v) is 4.62. The van der Waals surface area contributed by atoms with Crippen molar-refractivity contribution in [3.8, 4) is 0 Å². The van der Waals surface area contributed by atoms with Gasteiger partial charge in [0.1, 0.15) is 0 Å². The van der Waals surface area contributed by atoms with Crippen LogP contribution in [-0.4, -0.2) is 50.9 Å². The Morgan fingerprint density at radius 3 is 2.11 bits per heavy atom. The lowest BCUT2D eigenvalue weighted by Crippen LogP contribution is -2.37. The van der Waals surface area contributed by atoms with Gasteiger partial charge in [0.2, 0.25) is 0 Å². The van der Waals surface area contributed by atoms with Gasteiger partial charge in [0, 0.05) is 54.7 Å². The maximum atomic E-state index is 6.08. The Morgan fingerprint density at radius 1 is 0.895 bits per heavy atom. The van der Waals surface area contributed by atoms with Crippen molar-refractivity contribution in [1.82, 2.24) is 0 Å². The smallest absolute Gasteiger partial charge is 0.0642 e. The summed E-state index contributed by atoms with van der Waals surface area (Å²) in [5.41, 5.74) is 9.44. The van der Waals surface area contributed by atoms with Crippen molar-refractivity contribution in [2.24, 2.45) is 0 Å². The zero-order chi connectivity index (χ0) is 13.1. The maximum Gasteiger partial charge on any atom is 0.0642 e. The van der Waals surface area contributed by atoms with Crippen molar-refractivity contribution >= 4 is 28.8 Å². The maximum absolute atomic E-state index is 6.08. The third kappa shape index (κ3) is 3.09. The number of nitrogen functional groups attached to an aromatic ring is 1. The summed E-state index contributed by atoms with van der Waals surface area (Å²) in [6.45, 7) is 5.78. The van der Waals surface area contributed by atoms with Crippen LogP contribution in [0.2, 0.25) is 0 Å². The van der Waals surface area contributed by atoms with E-state index in [9.17, 15) is 0 Å². The molecule has 2 N–H and O–H groups in total. The Labute approximate surface area is 118 Å². The first-order chi connectivity index (χ1) is 9.33. The number of morpholine rings is 1. The number of nitrogens with two attached hydrogens (primary N) is 1. The molecule has 0 bridgehead atoms. The lowest BCUT2D eigenvalue weighted by atomic mass is 10.2. The van der Waals surface area contributed by atoms with Crippen molar-refractivity contribution in [2.45, 2.75) is 0 Å². The predicted octanol–water partition coefficient (Wildman–Crippen LogP) is 1.66. The molecule has 104 valence electrons. The standard InChI is InChI=1S/C14H21N3OS/c15-12-9-13(16-1-5-18-6-2-16)11-14(10-12)17-3-7-19-8-4-17/h9-11H,1-8,15H2. The van der Waals surface area contributed by atoms with Crippen LogP contribution < -0.4 is 15.5 Å². The van der Waals surface area contributed by atoms with E-state index in [0.29, 0.717) is 0 Å². The summed E-state index contributed by atoms with van der Waals surface area (Å²) in [4.78, 5) is 4.80. The Kier molecular flexibility index (Phi) is 4.03. The van der Waals surface area contributed by atoms with Crippen molar-refractivity contribution in [3.63, 3.8) is 0 Å². The molecule has 2 aliphatic rings. The molecule has 0 radical (unpaired) electrons. The van der Waals surface area contributed by atoms with Gasteiger partial charge in [-0.3, -0.25) is 0 Å². The first kappa shape index (κ1) is 12.9. The van der Waals surface area contributed by atoms with Crippen LogP contribution in [0.15, 0.2) is 18.2 Å². The first-order valence-electron chi connectivity index (χ1n) is 6.89. The summed E-state index contributed by atoms with van der Waals surface area (Å²) in [6.07, 6.45) is 0. The molecule has 1 aromatic carbocycles. The molecule has 2 fully saturated rings. The number of benzene rings is 1. The highest BCUT2D eigenvalue weighted by Gasteiger charge is 2.16. The summed E-state index contributed by atoms with van der Waals surface area (Å²) < 4.78 is 5.41. The highest BCUT2D eigenvalue weighted by atomic mass is 32.2. The summed E-state index contributed by atoms with van der Waals surface area (Å²) in [5.74, 6) is 2.42. The fourth-order valence-electron chi connectivity index (χ4n) is 2.63. The van der Waals surface area contributed by atoms with Crippen LogP contribution in [0.5, 0.6) is 0 Å². The topological polar surface area (TPSA) is 41.7 Å². The molecule has 2 heterocycles. The van der Waals surface area contributed by atoms with Gasteiger partial charge in [-0.2, -0.15) is 11.8 Å².